The number of nitrogens with zero attached hydrogens (tertiary/aromatic N) is 3. The molecular formula is C22H25N3O6S. The van der Waals surface area contributed by atoms with Crippen molar-refractivity contribution in [3.63, 3.8) is 0 Å². The normalized spacial score (nSPS) is 14.1. The molecule has 0 amide bonds. The van der Waals surface area contributed by atoms with Crippen LogP contribution in [0.3, 0.4) is 0 Å². The summed E-state index contributed by atoms with van der Waals surface area (Å²) in [5, 5.41) is 8.83. The lowest BCUT2D eigenvalue weighted by Crippen LogP contribution is -2.37. The van der Waals surface area contributed by atoms with Gasteiger partial charge < -0.3 is 19.1 Å². The molecule has 1 fully saturated rings. The first-order valence-corrected chi connectivity index (χ1v) is 11.5. The fourth-order valence-corrected chi connectivity index (χ4v) is 4.06. The second kappa shape index (κ2) is 10.5. The number of carbonyl (C=O) groups excluding carboxylic acids is 1. The largest absolute Gasteiger partial charge is 0.490 e. The van der Waals surface area contributed by atoms with Gasteiger partial charge in [-0.15, -0.1) is 0 Å². The first-order valence-electron chi connectivity index (χ1n) is 10.0. The number of rotatable bonds is 8. The molecule has 1 saturated heterocycles. The average Bonchev–Trinajstić information content (AvgIpc) is 2.82. The maximum atomic E-state index is 12.9. The topological polar surface area (TPSA) is 109 Å². The minimum atomic E-state index is -3.71. The predicted octanol–water partition coefficient (Wildman–Crippen LogP) is 1.88. The van der Waals surface area contributed by atoms with Crippen LogP contribution in [-0.4, -0.2) is 72.3 Å². The zero-order chi connectivity index (χ0) is 23.1. The first-order chi connectivity index (χ1) is 15.3. The number of nitriles is 1. The lowest BCUT2D eigenvalue weighted by atomic mass is 10.1. The van der Waals surface area contributed by atoms with Gasteiger partial charge in [-0.3, -0.25) is 0 Å². The maximum Gasteiger partial charge on any atom is 0.340 e. The summed E-state index contributed by atoms with van der Waals surface area (Å²) in [6, 6.07) is 13.1. The van der Waals surface area contributed by atoms with Gasteiger partial charge in [0, 0.05) is 27.2 Å². The third kappa shape index (κ3) is 5.56. The highest BCUT2D eigenvalue weighted by Crippen LogP contribution is 2.27. The summed E-state index contributed by atoms with van der Waals surface area (Å²) in [6.45, 7) is 2.30. The standard InChI is InChI=1S/C22H25N3O6S/c1-24(2)32(27,28)19-7-8-21(25-9-11-29-12-10-25)20(15-19)22(26)31-14-13-30-18-5-3-17(16-23)4-6-18/h3-8,15H,9-14H2,1-2H3. The molecular weight excluding hydrogens is 434 g/mol. The predicted molar refractivity (Wildman–Crippen MR) is 117 cm³/mol. The van der Waals surface area contributed by atoms with E-state index < -0.39 is 16.0 Å². The molecule has 3 rings (SSSR count). The Morgan fingerprint density at radius 3 is 2.44 bits per heavy atom. The van der Waals surface area contributed by atoms with Crippen molar-refractivity contribution in [2.24, 2.45) is 0 Å². The SMILES string of the molecule is CN(C)S(=O)(=O)c1ccc(N2CCOCC2)c(C(=O)OCCOc2ccc(C#N)cc2)c1. The Hall–Kier alpha value is -3.13. The van der Waals surface area contributed by atoms with Crippen LogP contribution in [0.1, 0.15) is 15.9 Å². The van der Waals surface area contributed by atoms with Gasteiger partial charge >= 0.3 is 5.97 Å². The van der Waals surface area contributed by atoms with Crippen LogP contribution in [0.2, 0.25) is 0 Å². The number of esters is 1. The summed E-state index contributed by atoms with van der Waals surface area (Å²) >= 11 is 0. The molecule has 0 aromatic heterocycles. The molecule has 10 heteroatoms. The lowest BCUT2D eigenvalue weighted by Gasteiger charge is -2.30. The molecule has 0 saturated carbocycles. The Labute approximate surface area is 187 Å². The molecule has 2 aromatic rings. The van der Waals surface area contributed by atoms with Crippen LogP contribution in [0.4, 0.5) is 5.69 Å². The second-order valence-electron chi connectivity index (χ2n) is 7.19. The third-order valence-electron chi connectivity index (χ3n) is 4.89. The van der Waals surface area contributed by atoms with E-state index in [4.69, 9.17) is 19.5 Å². The molecule has 0 N–H and O–H groups in total. The van der Waals surface area contributed by atoms with E-state index in [1.807, 2.05) is 11.0 Å². The van der Waals surface area contributed by atoms with Crippen molar-refractivity contribution in [1.82, 2.24) is 4.31 Å². The van der Waals surface area contributed by atoms with Gasteiger partial charge in [0.05, 0.1) is 41.0 Å². The minimum absolute atomic E-state index is 0.0142. The van der Waals surface area contributed by atoms with E-state index in [2.05, 4.69) is 0 Å². The second-order valence-corrected chi connectivity index (χ2v) is 9.34. The van der Waals surface area contributed by atoms with Crippen molar-refractivity contribution in [3.05, 3.63) is 53.6 Å². The molecule has 0 bridgehead atoms. The molecule has 32 heavy (non-hydrogen) atoms. The van der Waals surface area contributed by atoms with E-state index >= 15 is 0 Å². The monoisotopic (exact) mass is 459 g/mol. The fourth-order valence-electron chi connectivity index (χ4n) is 3.13. The van der Waals surface area contributed by atoms with Gasteiger partial charge in [-0.2, -0.15) is 5.26 Å². The van der Waals surface area contributed by atoms with E-state index in [0.29, 0.717) is 43.3 Å². The van der Waals surface area contributed by atoms with Crippen molar-refractivity contribution < 1.29 is 27.4 Å². The van der Waals surface area contributed by atoms with E-state index in [-0.39, 0.29) is 23.7 Å². The molecule has 2 aromatic carbocycles. The van der Waals surface area contributed by atoms with Gasteiger partial charge in [0.1, 0.15) is 19.0 Å². The van der Waals surface area contributed by atoms with Crippen molar-refractivity contribution in [2.75, 3.05) is 58.5 Å². The van der Waals surface area contributed by atoms with E-state index in [1.165, 1.54) is 26.2 Å². The van der Waals surface area contributed by atoms with Gasteiger partial charge in [0.15, 0.2) is 0 Å². The molecule has 9 nitrogen and oxygen atoms in total. The van der Waals surface area contributed by atoms with Crippen molar-refractivity contribution in [3.8, 4) is 11.8 Å². The quantitative estimate of drug-likeness (QED) is 0.435. The molecule has 1 heterocycles. The summed E-state index contributed by atoms with van der Waals surface area (Å²) in [4.78, 5) is 14.9. The highest BCUT2D eigenvalue weighted by Gasteiger charge is 2.25. The van der Waals surface area contributed by atoms with Gasteiger partial charge in [-0.1, -0.05) is 0 Å². The van der Waals surface area contributed by atoms with Crippen molar-refractivity contribution in [1.29, 1.82) is 5.26 Å². The lowest BCUT2D eigenvalue weighted by molar-refractivity contribution is 0.0450. The summed E-state index contributed by atoms with van der Waals surface area (Å²) in [7, 11) is -0.844. The molecule has 0 radical (unpaired) electrons. The molecule has 1 aliphatic heterocycles. The van der Waals surface area contributed by atoms with Crippen LogP contribution in [-0.2, 0) is 19.5 Å². The summed E-state index contributed by atoms with van der Waals surface area (Å²) in [5.41, 5.74) is 1.30. The van der Waals surface area contributed by atoms with Gasteiger partial charge in [0.2, 0.25) is 10.0 Å². The molecule has 0 unspecified atom stereocenters. The van der Waals surface area contributed by atoms with Crippen molar-refractivity contribution >= 4 is 21.7 Å². The number of benzene rings is 2. The molecule has 1 aliphatic rings. The minimum Gasteiger partial charge on any atom is -0.490 e. The Kier molecular flexibility index (Phi) is 7.69. The fraction of sp³-hybridized carbons (Fsp3) is 0.364. The van der Waals surface area contributed by atoms with E-state index in [0.717, 1.165) is 4.31 Å². The summed E-state index contributed by atoms with van der Waals surface area (Å²) in [5.74, 6) is -0.0844. The Morgan fingerprint density at radius 1 is 1.12 bits per heavy atom. The van der Waals surface area contributed by atoms with Crippen LogP contribution in [0.15, 0.2) is 47.4 Å². The van der Waals surface area contributed by atoms with Crippen molar-refractivity contribution in [2.45, 2.75) is 4.90 Å². The zero-order valence-corrected chi connectivity index (χ0v) is 18.8. The number of morpholine rings is 1. The zero-order valence-electron chi connectivity index (χ0n) is 18.0. The summed E-state index contributed by atoms with van der Waals surface area (Å²) < 4.78 is 42.5. The number of ether oxygens (including phenoxy) is 3. The van der Waals surface area contributed by atoms with Crippen LogP contribution in [0.25, 0.3) is 0 Å². The highest BCUT2D eigenvalue weighted by molar-refractivity contribution is 7.89. The van der Waals surface area contributed by atoms with Crippen LogP contribution >= 0.6 is 0 Å². The van der Waals surface area contributed by atoms with Crippen LogP contribution in [0.5, 0.6) is 5.75 Å². The molecule has 0 aliphatic carbocycles. The average molecular weight is 460 g/mol. The Bertz CT molecular complexity index is 1090. The van der Waals surface area contributed by atoms with Crippen LogP contribution in [0, 0.1) is 11.3 Å². The van der Waals surface area contributed by atoms with Crippen LogP contribution < -0.4 is 9.64 Å². The smallest absolute Gasteiger partial charge is 0.340 e. The Balaban J connectivity index is 1.73. The molecule has 170 valence electrons. The highest BCUT2D eigenvalue weighted by atomic mass is 32.2. The summed E-state index contributed by atoms with van der Waals surface area (Å²) in [6.07, 6.45) is 0. The maximum absolute atomic E-state index is 12.9. The number of hydrogen-bond donors (Lipinski definition) is 0. The first kappa shape index (κ1) is 23.5. The van der Waals surface area contributed by atoms with Gasteiger partial charge in [-0.25, -0.2) is 17.5 Å². The third-order valence-corrected chi connectivity index (χ3v) is 6.70. The van der Waals surface area contributed by atoms with Gasteiger partial charge in [0.25, 0.3) is 0 Å². The van der Waals surface area contributed by atoms with Gasteiger partial charge in [-0.05, 0) is 42.5 Å². The Morgan fingerprint density at radius 2 is 1.81 bits per heavy atom. The van der Waals surface area contributed by atoms with E-state index in [9.17, 15) is 13.2 Å². The number of carbonyl (C=O) groups is 1. The molecule has 0 spiro atoms. The van der Waals surface area contributed by atoms with E-state index in [1.54, 1.807) is 30.3 Å². The number of anilines is 1. The molecule has 0 atom stereocenters. The number of sulfonamides is 1. The number of hydrogen-bond acceptors (Lipinski definition) is 8.